The zero-order valence-corrected chi connectivity index (χ0v) is 13.7. The van der Waals surface area contributed by atoms with E-state index < -0.39 is 0 Å². The summed E-state index contributed by atoms with van der Waals surface area (Å²) in [4.78, 5) is 29.4. The number of rotatable bonds is 3. The van der Waals surface area contributed by atoms with Gasteiger partial charge in [-0.2, -0.15) is 0 Å². The van der Waals surface area contributed by atoms with Crippen LogP contribution in [0.5, 0.6) is 0 Å². The highest BCUT2D eigenvalue weighted by Gasteiger charge is 2.18. The van der Waals surface area contributed by atoms with E-state index in [-0.39, 0.29) is 16.9 Å². The molecular formula is C19H22N2O2. The van der Waals surface area contributed by atoms with Gasteiger partial charge in [0.2, 0.25) is 0 Å². The summed E-state index contributed by atoms with van der Waals surface area (Å²) in [5.74, 6) is 0.276. The lowest BCUT2D eigenvalue weighted by atomic mass is 9.88. The van der Waals surface area contributed by atoms with Gasteiger partial charge in [-0.25, -0.2) is 4.98 Å². The summed E-state index contributed by atoms with van der Waals surface area (Å²) in [5.41, 5.74) is 1.32. The number of hydrogen-bond acceptors (Lipinski definition) is 3. The summed E-state index contributed by atoms with van der Waals surface area (Å²) in [6.45, 7) is 1.83. The summed E-state index contributed by atoms with van der Waals surface area (Å²) in [5, 5.41) is 0.851. The van der Waals surface area contributed by atoms with Gasteiger partial charge < -0.3 is 0 Å². The van der Waals surface area contributed by atoms with Crippen LogP contribution in [0.4, 0.5) is 0 Å². The van der Waals surface area contributed by atoms with E-state index in [1.807, 2.05) is 25.1 Å². The summed E-state index contributed by atoms with van der Waals surface area (Å²) in [6, 6.07) is 3.73. The third-order valence-electron chi connectivity index (χ3n) is 4.82. The molecule has 1 aliphatic carbocycles. The number of allylic oxidation sites excluding steroid dienone is 2. The number of hydrogen-bond donors (Lipinski definition) is 0. The molecule has 0 aliphatic heterocycles. The van der Waals surface area contributed by atoms with Crippen molar-refractivity contribution in [3.8, 4) is 0 Å². The minimum absolute atomic E-state index is 0.195. The van der Waals surface area contributed by atoms with Gasteiger partial charge in [-0.1, -0.05) is 25.3 Å². The van der Waals surface area contributed by atoms with Crippen molar-refractivity contribution in [1.29, 1.82) is 0 Å². The van der Waals surface area contributed by atoms with Crippen molar-refractivity contribution >= 4 is 16.8 Å². The highest BCUT2D eigenvalue weighted by molar-refractivity contribution is 6.07. The van der Waals surface area contributed by atoms with Crippen molar-refractivity contribution in [2.75, 3.05) is 0 Å². The van der Waals surface area contributed by atoms with Crippen molar-refractivity contribution in [2.45, 2.75) is 39.0 Å². The van der Waals surface area contributed by atoms with Crippen molar-refractivity contribution < 1.29 is 4.79 Å². The van der Waals surface area contributed by atoms with Gasteiger partial charge >= 0.3 is 0 Å². The van der Waals surface area contributed by atoms with Gasteiger partial charge in [0, 0.05) is 18.6 Å². The average molecular weight is 310 g/mol. The number of ketones is 1. The number of fused-ring (bicyclic) bond motifs is 1. The van der Waals surface area contributed by atoms with Crippen LogP contribution in [0.2, 0.25) is 0 Å². The maximum Gasteiger partial charge on any atom is 0.263 e. The molecule has 23 heavy (non-hydrogen) atoms. The Balaban J connectivity index is 2.00. The van der Waals surface area contributed by atoms with Crippen molar-refractivity contribution in [1.82, 2.24) is 9.55 Å². The molecule has 0 saturated heterocycles. The van der Waals surface area contributed by atoms with Crippen LogP contribution in [0.1, 0.15) is 48.0 Å². The second-order valence-corrected chi connectivity index (χ2v) is 6.36. The fourth-order valence-electron chi connectivity index (χ4n) is 3.44. The standard InChI is InChI=1S/C19H22N2O2/c1-13-15-9-6-12-20-18(15)21(2)19(23)17(13)16(22)11-10-14-7-4-3-5-8-14/h6,9-12,14H,3-5,7-8H2,1-2H3/b11-10+. The van der Waals surface area contributed by atoms with E-state index in [1.165, 1.54) is 23.8 Å². The molecule has 1 aliphatic rings. The number of aromatic nitrogens is 2. The maximum absolute atomic E-state index is 12.6. The zero-order valence-electron chi connectivity index (χ0n) is 13.7. The third-order valence-corrected chi connectivity index (χ3v) is 4.82. The van der Waals surface area contributed by atoms with E-state index in [0.29, 0.717) is 11.6 Å². The van der Waals surface area contributed by atoms with Crippen LogP contribution in [-0.2, 0) is 7.05 Å². The molecule has 0 bridgehead atoms. The monoisotopic (exact) mass is 310 g/mol. The van der Waals surface area contributed by atoms with Crippen LogP contribution in [0.15, 0.2) is 35.3 Å². The normalized spacial score (nSPS) is 16.3. The Morgan fingerprint density at radius 2 is 2.04 bits per heavy atom. The highest BCUT2D eigenvalue weighted by Crippen LogP contribution is 2.25. The molecule has 2 aromatic rings. The number of aryl methyl sites for hydroxylation is 2. The molecule has 0 amide bonds. The molecule has 4 nitrogen and oxygen atoms in total. The van der Waals surface area contributed by atoms with Gasteiger partial charge in [0.1, 0.15) is 5.65 Å². The van der Waals surface area contributed by atoms with E-state index in [2.05, 4.69) is 4.98 Å². The van der Waals surface area contributed by atoms with Gasteiger partial charge in [0.25, 0.3) is 5.56 Å². The SMILES string of the molecule is Cc1c(C(=O)/C=C/C2CCCCC2)c(=O)n(C)c2ncccc12. The highest BCUT2D eigenvalue weighted by atomic mass is 16.1. The second-order valence-electron chi connectivity index (χ2n) is 6.36. The summed E-state index contributed by atoms with van der Waals surface area (Å²) < 4.78 is 1.46. The molecule has 0 unspecified atom stereocenters. The summed E-state index contributed by atoms with van der Waals surface area (Å²) in [7, 11) is 1.67. The number of carbonyl (C=O) groups is 1. The smallest absolute Gasteiger partial charge is 0.263 e. The van der Waals surface area contributed by atoms with E-state index in [4.69, 9.17) is 0 Å². The average Bonchev–Trinajstić information content (AvgIpc) is 2.59. The predicted molar refractivity (Wildman–Crippen MR) is 91.8 cm³/mol. The maximum atomic E-state index is 12.6. The van der Waals surface area contributed by atoms with E-state index >= 15 is 0 Å². The lowest BCUT2D eigenvalue weighted by molar-refractivity contribution is 0.104. The van der Waals surface area contributed by atoms with Crippen LogP contribution >= 0.6 is 0 Å². The first kappa shape index (κ1) is 15.7. The van der Waals surface area contributed by atoms with E-state index in [1.54, 1.807) is 19.3 Å². The van der Waals surface area contributed by atoms with Crippen LogP contribution in [-0.4, -0.2) is 15.3 Å². The van der Waals surface area contributed by atoms with Crippen molar-refractivity contribution in [3.05, 3.63) is 52.0 Å². The lowest BCUT2D eigenvalue weighted by Gasteiger charge is -2.17. The molecule has 4 heteroatoms. The summed E-state index contributed by atoms with van der Waals surface area (Å²) in [6.07, 6.45) is 11.3. The molecule has 0 atom stereocenters. The second kappa shape index (κ2) is 6.49. The van der Waals surface area contributed by atoms with Crippen LogP contribution in [0, 0.1) is 12.8 Å². The Hall–Kier alpha value is -2.23. The first-order chi connectivity index (χ1) is 11.1. The molecule has 0 N–H and O–H groups in total. The molecule has 2 heterocycles. The fourth-order valence-corrected chi connectivity index (χ4v) is 3.44. The minimum atomic E-state index is -0.271. The van der Waals surface area contributed by atoms with Gasteiger partial charge in [-0.15, -0.1) is 0 Å². The molecular weight excluding hydrogens is 288 g/mol. The van der Waals surface area contributed by atoms with Crippen molar-refractivity contribution in [3.63, 3.8) is 0 Å². The Morgan fingerprint density at radius 1 is 1.30 bits per heavy atom. The number of nitrogens with zero attached hydrogens (tertiary/aromatic N) is 2. The quantitative estimate of drug-likeness (QED) is 0.643. The lowest BCUT2D eigenvalue weighted by Crippen LogP contribution is -2.26. The van der Waals surface area contributed by atoms with E-state index in [9.17, 15) is 9.59 Å². The van der Waals surface area contributed by atoms with Gasteiger partial charge in [0.15, 0.2) is 5.78 Å². The van der Waals surface area contributed by atoms with Crippen LogP contribution < -0.4 is 5.56 Å². The molecule has 120 valence electrons. The van der Waals surface area contributed by atoms with Crippen molar-refractivity contribution in [2.24, 2.45) is 13.0 Å². The summed E-state index contributed by atoms with van der Waals surface area (Å²) >= 11 is 0. The molecule has 0 aromatic carbocycles. The van der Waals surface area contributed by atoms with E-state index in [0.717, 1.165) is 23.8 Å². The Labute approximate surface area is 135 Å². The predicted octanol–water partition coefficient (Wildman–Crippen LogP) is 3.56. The van der Waals surface area contributed by atoms with Crippen LogP contribution in [0.3, 0.4) is 0 Å². The number of pyridine rings is 2. The first-order valence-corrected chi connectivity index (χ1v) is 8.26. The number of carbonyl (C=O) groups excluding carboxylic acids is 1. The largest absolute Gasteiger partial charge is 0.295 e. The Bertz CT molecular complexity index is 827. The molecule has 0 radical (unpaired) electrons. The Kier molecular flexibility index (Phi) is 4.42. The minimum Gasteiger partial charge on any atom is -0.295 e. The van der Waals surface area contributed by atoms with Crippen LogP contribution in [0.25, 0.3) is 11.0 Å². The molecule has 3 rings (SSSR count). The zero-order chi connectivity index (χ0) is 16.4. The van der Waals surface area contributed by atoms with Gasteiger partial charge in [0.05, 0.1) is 5.56 Å². The first-order valence-electron chi connectivity index (χ1n) is 8.26. The Morgan fingerprint density at radius 3 is 2.78 bits per heavy atom. The van der Waals surface area contributed by atoms with Gasteiger partial charge in [-0.05, 0) is 49.5 Å². The third kappa shape index (κ3) is 2.98. The molecule has 1 fully saturated rings. The molecule has 0 spiro atoms. The molecule has 2 aromatic heterocycles. The topological polar surface area (TPSA) is 52.0 Å². The van der Waals surface area contributed by atoms with Gasteiger partial charge in [-0.3, -0.25) is 14.2 Å². The molecule has 1 saturated carbocycles. The fraction of sp³-hybridized carbons (Fsp3) is 0.421.